The van der Waals surface area contributed by atoms with Crippen LogP contribution < -0.4 is 5.32 Å². The Morgan fingerprint density at radius 1 is 1.12 bits per heavy atom. The highest BCUT2D eigenvalue weighted by Crippen LogP contribution is 2.34. The van der Waals surface area contributed by atoms with Crippen molar-refractivity contribution in [3.05, 3.63) is 42.4 Å². The number of H-pyrrole nitrogens is 1. The molecule has 0 aliphatic heterocycles. The van der Waals surface area contributed by atoms with Crippen molar-refractivity contribution in [2.45, 2.75) is 13.3 Å². The lowest BCUT2D eigenvalue weighted by Gasteiger charge is -2.13. The fourth-order valence-corrected chi connectivity index (χ4v) is 3.45. The molecule has 0 spiro atoms. The van der Waals surface area contributed by atoms with Crippen LogP contribution in [0, 0.1) is 6.92 Å². The molecule has 3 heterocycles. The van der Waals surface area contributed by atoms with E-state index in [1.54, 1.807) is 0 Å². The summed E-state index contributed by atoms with van der Waals surface area (Å²) in [6.45, 7) is 4.16. The van der Waals surface area contributed by atoms with E-state index in [1.165, 1.54) is 16.3 Å². The molecule has 4 rings (SSSR count). The summed E-state index contributed by atoms with van der Waals surface area (Å²) in [6, 6.07) is 6.32. The van der Waals surface area contributed by atoms with Crippen LogP contribution in [0.1, 0.15) is 12.0 Å². The molecule has 5 nitrogen and oxygen atoms in total. The van der Waals surface area contributed by atoms with Gasteiger partial charge in [-0.15, -0.1) is 0 Å². The highest BCUT2D eigenvalue weighted by atomic mass is 15.1. The van der Waals surface area contributed by atoms with E-state index in [4.69, 9.17) is 0 Å². The molecule has 3 aromatic heterocycles. The fourth-order valence-electron chi connectivity index (χ4n) is 3.45. The summed E-state index contributed by atoms with van der Waals surface area (Å²) in [6.07, 6.45) is 6.75. The van der Waals surface area contributed by atoms with Gasteiger partial charge in [-0.1, -0.05) is 0 Å². The van der Waals surface area contributed by atoms with Crippen LogP contribution in [0.5, 0.6) is 0 Å². The number of fused-ring (bicyclic) bond motifs is 4. The summed E-state index contributed by atoms with van der Waals surface area (Å²) >= 11 is 0. The second kappa shape index (κ2) is 6.33. The average Bonchev–Trinajstić information content (AvgIpc) is 2.98. The first kappa shape index (κ1) is 15.8. The summed E-state index contributed by atoms with van der Waals surface area (Å²) in [5.74, 6) is 0. The molecular formula is C20H23N5. The van der Waals surface area contributed by atoms with Crippen LogP contribution in [-0.2, 0) is 0 Å². The van der Waals surface area contributed by atoms with Crippen LogP contribution in [0.3, 0.4) is 0 Å². The Balaban J connectivity index is 1.82. The van der Waals surface area contributed by atoms with Crippen LogP contribution >= 0.6 is 0 Å². The molecule has 0 atom stereocenters. The summed E-state index contributed by atoms with van der Waals surface area (Å²) in [7, 11) is 4.21. The maximum Gasteiger partial charge on any atom is 0.0773 e. The quantitative estimate of drug-likeness (QED) is 0.543. The number of hydrogen-bond donors (Lipinski definition) is 2. The lowest BCUT2D eigenvalue weighted by atomic mass is 10.0. The molecule has 5 heteroatoms. The van der Waals surface area contributed by atoms with Gasteiger partial charge >= 0.3 is 0 Å². The first-order valence-corrected chi connectivity index (χ1v) is 8.67. The predicted molar refractivity (Wildman–Crippen MR) is 105 cm³/mol. The van der Waals surface area contributed by atoms with Crippen LogP contribution in [-0.4, -0.2) is 47.0 Å². The molecule has 4 aromatic rings. The topological polar surface area (TPSA) is 56.8 Å². The number of aromatic nitrogens is 3. The normalized spacial score (nSPS) is 11.8. The third kappa shape index (κ3) is 2.81. The number of nitrogens with one attached hydrogen (secondary N) is 2. The Hall–Kier alpha value is -2.66. The van der Waals surface area contributed by atoms with Gasteiger partial charge < -0.3 is 15.2 Å². The van der Waals surface area contributed by atoms with Crippen LogP contribution in [0.4, 0.5) is 5.69 Å². The van der Waals surface area contributed by atoms with Crippen molar-refractivity contribution in [2.75, 3.05) is 32.5 Å². The van der Waals surface area contributed by atoms with E-state index in [9.17, 15) is 0 Å². The van der Waals surface area contributed by atoms with Crippen LogP contribution in [0.2, 0.25) is 0 Å². The van der Waals surface area contributed by atoms with Gasteiger partial charge in [0.2, 0.25) is 0 Å². The molecule has 0 saturated heterocycles. The zero-order valence-corrected chi connectivity index (χ0v) is 14.9. The molecule has 0 fully saturated rings. The highest BCUT2D eigenvalue weighted by Gasteiger charge is 2.12. The number of nitrogens with zero attached hydrogens (tertiary/aromatic N) is 3. The maximum absolute atomic E-state index is 4.63. The Labute approximate surface area is 147 Å². The van der Waals surface area contributed by atoms with Crippen molar-refractivity contribution in [1.82, 2.24) is 19.9 Å². The molecule has 0 radical (unpaired) electrons. The summed E-state index contributed by atoms with van der Waals surface area (Å²) in [5, 5.41) is 7.11. The summed E-state index contributed by atoms with van der Waals surface area (Å²) in [5.41, 5.74) is 5.63. The second-order valence-corrected chi connectivity index (χ2v) is 6.81. The number of aryl methyl sites for hydroxylation is 1. The molecule has 0 amide bonds. The average molecular weight is 333 g/mol. The maximum atomic E-state index is 4.63. The molecule has 0 aliphatic carbocycles. The van der Waals surface area contributed by atoms with Crippen LogP contribution in [0.15, 0.2) is 36.8 Å². The zero-order chi connectivity index (χ0) is 17.4. The van der Waals surface area contributed by atoms with Gasteiger partial charge in [0.05, 0.1) is 11.0 Å². The van der Waals surface area contributed by atoms with Gasteiger partial charge in [0.15, 0.2) is 0 Å². The third-order valence-corrected chi connectivity index (χ3v) is 4.75. The van der Waals surface area contributed by atoms with Gasteiger partial charge in [0.1, 0.15) is 0 Å². The molecule has 0 bridgehead atoms. The van der Waals surface area contributed by atoms with E-state index < -0.39 is 0 Å². The number of rotatable bonds is 5. The van der Waals surface area contributed by atoms with Gasteiger partial charge in [0.25, 0.3) is 0 Å². The molecule has 0 aliphatic rings. The molecule has 0 saturated carbocycles. The van der Waals surface area contributed by atoms with E-state index in [0.717, 1.165) is 47.1 Å². The molecular weight excluding hydrogens is 310 g/mol. The van der Waals surface area contributed by atoms with Crippen molar-refractivity contribution >= 4 is 38.4 Å². The van der Waals surface area contributed by atoms with Crippen molar-refractivity contribution in [1.29, 1.82) is 0 Å². The summed E-state index contributed by atoms with van der Waals surface area (Å²) in [4.78, 5) is 14.6. The molecule has 1 aromatic carbocycles. The number of aromatic amines is 1. The number of benzene rings is 1. The van der Waals surface area contributed by atoms with E-state index in [0.29, 0.717) is 0 Å². The smallest absolute Gasteiger partial charge is 0.0773 e. The minimum absolute atomic E-state index is 0.948. The first-order chi connectivity index (χ1) is 12.1. The zero-order valence-electron chi connectivity index (χ0n) is 14.9. The Morgan fingerprint density at radius 3 is 2.84 bits per heavy atom. The number of hydrogen-bond acceptors (Lipinski definition) is 4. The van der Waals surface area contributed by atoms with Crippen molar-refractivity contribution in [3.63, 3.8) is 0 Å². The molecule has 0 unspecified atom stereocenters. The van der Waals surface area contributed by atoms with Gasteiger partial charge in [0, 0.05) is 52.5 Å². The highest BCUT2D eigenvalue weighted by molar-refractivity contribution is 6.14. The van der Waals surface area contributed by atoms with Gasteiger partial charge in [-0.3, -0.25) is 9.97 Å². The molecule has 25 heavy (non-hydrogen) atoms. The van der Waals surface area contributed by atoms with Crippen molar-refractivity contribution < 1.29 is 0 Å². The Kier molecular flexibility index (Phi) is 4.01. The largest absolute Gasteiger partial charge is 0.384 e. The first-order valence-electron chi connectivity index (χ1n) is 8.67. The Morgan fingerprint density at radius 2 is 2.00 bits per heavy atom. The van der Waals surface area contributed by atoms with Gasteiger partial charge in [-0.05, 0) is 57.7 Å². The standard InChI is InChI=1S/C20H23N5/c1-13-19-15(17(6-9-23-19)22-7-4-10-25(2)3)11-14-16-12-21-8-5-18(16)24-20(13)14/h5-6,8-9,11-12,24H,4,7,10H2,1-3H3,(H,22,23). The minimum atomic E-state index is 0.948. The monoisotopic (exact) mass is 333 g/mol. The van der Waals surface area contributed by atoms with E-state index in [1.807, 2.05) is 24.7 Å². The minimum Gasteiger partial charge on any atom is -0.384 e. The molecule has 128 valence electrons. The van der Waals surface area contributed by atoms with Crippen molar-refractivity contribution in [2.24, 2.45) is 0 Å². The lowest BCUT2D eigenvalue weighted by molar-refractivity contribution is 0.405. The second-order valence-electron chi connectivity index (χ2n) is 6.81. The van der Waals surface area contributed by atoms with E-state index >= 15 is 0 Å². The third-order valence-electron chi connectivity index (χ3n) is 4.75. The summed E-state index contributed by atoms with van der Waals surface area (Å²) < 4.78 is 0. The number of anilines is 1. The lowest BCUT2D eigenvalue weighted by Crippen LogP contribution is -2.16. The fraction of sp³-hybridized carbons (Fsp3) is 0.300. The predicted octanol–water partition coefficient (Wildman–Crippen LogP) is 3.94. The van der Waals surface area contributed by atoms with Crippen molar-refractivity contribution in [3.8, 4) is 0 Å². The van der Waals surface area contributed by atoms with Crippen LogP contribution in [0.25, 0.3) is 32.7 Å². The van der Waals surface area contributed by atoms with Gasteiger partial charge in [-0.2, -0.15) is 0 Å². The van der Waals surface area contributed by atoms with Gasteiger partial charge in [-0.25, -0.2) is 0 Å². The SMILES string of the molecule is Cc1c2nccc(NCCCN(C)C)c2cc2c1[nH]c1ccncc12. The van der Waals surface area contributed by atoms with E-state index in [-0.39, 0.29) is 0 Å². The van der Waals surface area contributed by atoms with E-state index in [2.05, 4.69) is 58.3 Å². The Bertz CT molecular complexity index is 1050. The number of pyridine rings is 2. The molecule has 2 N–H and O–H groups in total.